The van der Waals surface area contributed by atoms with Crippen molar-refractivity contribution in [3.05, 3.63) is 120 Å². The molecule has 2 N–H and O–H groups in total. The van der Waals surface area contributed by atoms with Crippen molar-refractivity contribution in [2.24, 2.45) is 0 Å². The van der Waals surface area contributed by atoms with Crippen molar-refractivity contribution in [2.45, 2.75) is 25.3 Å². The van der Waals surface area contributed by atoms with Crippen LogP contribution < -0.4 is 10.6 Å². The minimum atomic E-state index is -2.72. The van der Waals surface area contributed by atoms with Crippen LogP contribution in [-0.4, -0.2) is 47.3 Å². The molecule has 4 heterocycles. The fourth-order valence-electron chi connectivity index (χ4n) is 5.86. The molecule has 0 radical (unpaired) electrons. The third kappa shape index (κ3) is 5.83. The molecule has 4 aromatic rings. The number of urea groups is 1. The van der Waals surface area contributed by atoms with Gasteiger partial charge in [-0.15, -0.1) is 0 Å². The monoisotopic (exact) mass is 610 g/mol. The zero-order valence-electron chi connectivity index (χ0n) is 24.2. The molecule has 0 unspecified atom stereocenters. The van der Waals surface area contributed by atoms with Gasteiger partial charge in [0.2, 0.25) is 0 Å². The molecule has 0 saturated carbocycles. The van der Waals surface area contributed by atoms with Gasteiger partial charge in [-0.2, -0.15) is 0 Å². The molecule has 0 atom stereocenters. The highest BCUT2D eigenvalue weighted by Crippen LogP contribution is 2.37. The molecule has 7 rings (SSSR count). The molecule has 1 saturated heterocycles. The SMILES string of the molecule is O=C(NCc1cc2cc(-c3ccc(C(=O)N4CCC(F)(F)CC4)cc3)cc(-c3ccc(F)cc3)c2o1)N1C=C2C=CNC=C2C1. The molecule has 3 amide bonds. The summed E-state index contributed by atoms with van der Waals surface area (Å²) in [5, 5.41) is 6.75. The lowest BCUT2D eigenvalue weighted by atomic mass is 9.96. The first-order chi connectivity index (χ1) is 21.7. The van der Waals surface area contributed by atoms with Gasteiger partial charge in [-0.25, -0.2) is 18.0 Å². The number of rotatable bonds is 5. The predicted molar refractivity (Wildman–Crippen MR) is 165 cm³/mol. The quantitative estimate of drug-likeness (QED) is 0.251. The van der Waals surface area contributed by atoms with Crippen molar-refractivity contribution < 1.29 is 27.2 Å². The van der Waals surface area contributed by atoms with E-state index in [1.165, 1.54) is 17.0 Å². The lowest BCUT2D eigenvalue weighted by molar-refractivity contribution is -0.0494. The maximum atomic E-state index is 13.8. The summed E-state index contributed by atoms with van der Waals surface area (Å²) in [5.41, 5.74) is 6.22. The van der Waals surface area contributed by atoms with E-state index in [0.29, 0.717) is 23.5 Å². The minimum absolute atomic E-state index is 0.0250. The first-order valence-corrected chi connectivity index (χ1v) is 14.7. The van der Waals surface area contributed by atoms with Crippen LogP contribution in [0.15, 0.2) is 107 Å². The van der Waals surface area contributed by atoms with Crippen LogP contribution in [0.2, 0.25) is 0 Å². The average Bonchev–Trinajstić information content (AvgIpc) is 3.68. The summed E-state index contributed by atoms with van der Waals surface area (Å²) < 4.78 is 47.2. The molecular formula is C35H29F3N4O3. The molecule has 0 spiro atoms. The van der Waals surface area contributed by atoms with Crippen LogP contribution in [-0.2, 0) is 6.54 Å². The number of nitrogens with zero attached hydrogens (tertiary/aromatic N) is 2. The van der Waals surface area contributed by atoms with Gasteiger partial charge in [0, 0.05) is 61.0 Å². The number of alkyl halides is 2. The molecule has 3 aliphatic rings. The van der Waals surface area contributed by atoms with Crippen molar-refractivity contribution in [3.8, 4) is 22.3 Å². The first kappa shape index (κ1) is 28.5. The second-order valence-electron chi connectivity index (χ2n) is 11.4. The van der Waals surface area contributed by atoms with Gasteiger partial charge in [0.25, 0.3) is 11.8 Å². The van der Waals surface area contributed by atoms with Gasteiger partial charge in [0.15, 0.2) is 0 Å². The molecule has 3 aromatic carbocycles. The Hall–Kier alpha value is -5.25. The highest BCUT2D eigenvalue weighted by Gasteiger charge is 2.35. The van der Waals surface area contributed by atoms with E-state index in [1.807, 2.05) is 48.8 Å². The van der Waals surface area contributed by atoms with Crippen LogP contribution in [0.5, 0.6) is 0 Å². The molecule has 45 heavy (non-hydrogen) atoms. The van der Waals surface area contributed by atoms with Crippen LogP contribution in [0.25, 0.3) is 33.2 Å². The number of carbonyl (C=O) groups is 2. The highest BCUT2D eigenvalue weighted by molar-refractivity contribution is 5.98. The maximum absolute atomic E-state index is 13.8. The number of halogens is 3. The molecule has 1 fully saturated rings. The number of allylic oxidation sites excluding steroid dienone is 1. The molecule has 0 bridgehead atoms. The molecule has 1 aromatic heterocycles. The van der Waals surface area contributed by atoms with Crippen LogP contribution in [0.3, 0.4) is 0 Å². The number of carbonyl (C=O) groups excluding carboxylic acids is 2. The molecule has 3 aliphatic heterocycles. The number of hydrogen-bond donors (Lipinski definition) is 2. The summed E-state index contributed by atoms with van der Waals surface area (Å²) in [7, 11) is 0. The number of piperidine rings is 1. The summed E-state index contributed by atoms with van der Waals surface area (Å²) >= 11 is 0. The number of furan rings is 1. The average molecular weight is 611 g/mol. The number of likely N-dealkylation sites (tertiary alicyclic amines) is 1. The summed E-state index contributed by atoms with van der Waals surface area (Å²) in [5.74, 6) is -2.80. The normalized spacial score (nSPS) is 17.0. The number of fused-ring (bicyclic) bond motifs is 2. The maximum Gasteiger partial charge on any atom is 0.322 e. The number of benzene rings is 3. The van der Waals surface area contributed by atoms with E-state index in [0.717, 1.165) is 38.8 Å². The van der Waals surface area contributed by atoms with Gasteiger partial charge in [-0.05, 0) is 76.4 Å². The standard InChI is InChI=1S/C35H29F3N4O3/c36-29-7-5-23(6-8-29)31-17-26(22-1-3-24(4-2-22)33(43)41-13-10-35(37,38)11-14-41)15-27-16-30(45-32(27)31)19-40-34(44)42-20-25-9-12-39-18-28(25)21-42/h1-9,12,15-18,20,39H,10-11,13-14,19,21H2,(H,40,44). The number of nitrogens with one attached hydrogen (secondary N) is 2. The van der Waals surface area contributed by atoms with Crippen molar-refractivity contribution in [1.82, 2.24) is 20.4 Å². The third-order valence-electron chi connectivity index (χ3n) is 8.37. The lowest BCUT2D eigenvalue weighted by Crippen LogP contribution is -2.42. The van der Waals surface area contributed by atoms with Crippen LogP contribution in [0.4, 0.5) is 18.0 Å². The van der Waals surface area contributed by atoms with E-state index < -0.39 is 5.92 Å². The second kappa shape index (κ2) is 11.4. The molecule has 0 aliphatic carbocycles. The Morgan fingerprint density at radius 3 is 2.40 bits per heavy atom. The Balaban J connectivity index is 1.14. The number of dihydropyridines is 1. The zero-order chi connectivity index (χ0) is 31.1. The molecule has 10 heteroatoms. The van der Waals surface area contributed by atoms with E-state index in [1.54, 1.807) is 35.4 Å². The summed E-state index contributed by atoms with van der Waals surface area (Å²) in [6.45, 7) is 0.682. The smallest absolute Gasteiger partial charge is 0.322 e. The van der Waals surface area contributed by atoms with Gasteiger partial charge < -0.3 is 20.0 Å². The Morgan fingerprint density at radius 2 is 1.67 bits per heavy atom. The summed E-state index contributed by atoms with van der Waals surface area (Å²) in [4.78, 5) is 28.9. The van der Waals surface area contributed by atoms with E-state index >= 15 is 0 Å². The Kier molecular flexibility index (Phi) is 7.19. The lowest BCUT2D eigenvalue weighted by Gasteiger charge is -2.31. The molecule has 7 nitrogen and oxygen atoms in total. The van der Waals surface area contributed by atoms with Crippen molar-refractivity contribution >= 4 is 22.9 Å². The second-order valence-corrected chi connectivity index (χ2v) is 11.4. The fourth-order valence-corrected chi connectivity index (χ4v) is 5.86. The van der Waals surface area contributed by atoms with E-state index in [2.05, 4.69) is 10.6 Å². The van der Waals surface area contributed by atoms with Crippen molar-refractivity contribution in [3.63, 3.8) is 0 Å². The Labute approximate surface area is 257 Å². The summed E-state index contributed by atoms with van der Waals surface area (Å²) in [6.07, 6.45) is 6.75. The first-order valence-electron chi connectivity index (χ1n) is 14.7. The van der Waals surface area contributed by atoms with Crippen LogP contribution in [0, 0.1) is 5.82 Å². The topological polar surface area (TPSA) is 77.8 Å². The van der Waals surface area contributed by atoms with Crippen LogP contribution >= 0.6 is 0 Å². The number of amides is 3. The Bertz CT molecular complexity index is 1880. The largest absolute Gasteiger partial charge is 0.459 e. The Morgan fingerprint density at radius 1 is 0.933 bits per heavy atom. The zero-order valence-corrected chi connectivity index (χ0v) is 24.2. The molecular weight excluding hydrogens is 581 g/mol. The third-order valence-corrected chi connectivity index (χ3v) is 8.37. The molecule has 228 valence electrons. The van der Waals surface area contributed by atoms with E-state index in [9.17, 15) is 22.8 Å². The predicted octanol–water partition coefficient (Wildman–Crippen LogP) is 7.19. The van der Waals surface area contributed by atoms with Gasteiger partial charge in [-0.1, -0.05) is 24.3 Å². The van der Waals surface area contributed by atoms with E-state index in [4.69, 9.17) is 4.42 Å². The minimum Gasteiger partial charge on any atom is -0.459 e. The fraction of sp³-hybridized carbons (Fsp3) is 0.200. The van der Waals surface area contributed by atoms with Crippen LogP contribution in [0.1, 0.15) is 29.0 Å². The van der Waals surface area contributed by atoms with Gasteiger partial charge in [0.1, 0.15) is 17.2 Å². The van der Waals surface area contributed by atoms with E-state index in [-0.39, 0.29) is 50.2 Å². The van der Waals surface area contributed by atoms with Crippen molar-refractivity contribution in [1.29, 1.82) is 0 Å². The number of hydrogen-bond acceptors (Lipinski definition) is 4. The summed E-state index contributed by atoms with van der Waals surface area (Å²) in [6, 6.07) is 18.7. The van der Waals surface area contributed by atoms with Gasteiger partial charge >= 0.3 is 6.03 Å². The van der Waals surface area contributed by atoms with Gasteiger partial charge in [0.05, 0.1) is 13.1 Å². The van der Waals surface area contributed by atoms with Crippen molar-refractivity contribution in [2.75, 3.05) is 19.6 Å². The van der Waals surface area contributed by atoms with Gasteiger partial charge in [-0.3, -0.25) is 9.69 Å². The highest BCUT2D eigenvalue weighted by atomic mass is 19.3.